The molecule has 2 N–H and O–H groups in total. The quantitative estimate of drug-likeness (QED) is 0.487. The van der Waals surface area contributed by atoms with E-state index in [0.29, 0.717) is 0 Å². The number of piperidine rings is 1. The lowest BCUT2D eigenvalue weighted by Gasteiger charge is -2.37. The maximum absolute atomic E-state index is 13.5. The summed E-state index contributed by atoms with van der Waals surface area (Å²) in [5.74, 6) is -0.537. The van der Waals surface area contributed by atoms with E-state index in [0.717, 1.165) is 31.5 Å². The summed E-state index contributed by atoms with van der Waals surface area (Å²) in [4.78, 5) is 12.3. The van der Waals surface area contributed by atoms with Crippen LogP contribution in [-0.4, -0.2) is 22.5 Å². The maximum Gasteiger partial charge on any atom is 0.322 e. The average Bonchev–Trinajstić information content (AvgIpc) is 2.38. The van der Waals surface area contributed by atoms with E-state index in [4.69, 9.17) is 4.74 Å². The minimum Gasteiger partial charge on any atom is -0.453 e. The molecule has 0 aliphatic carbocycles. The summed E-state index contributed by atoms with van der Waals surface area (Å²) in [5.41, 5.74) is 0.0794. The summed E-state index contributed by atoms with van der Waals surface area (Å²) < 4.78 is 18.8. The molecule has 1 aromatic rings. The molecule has 0 saturated carbocycles. The van der Waals surface area contributed by atoms with Crippen LogP contribution in [0.1, 0.15) is 32.3 Å². The highest BCUT2D eigenvalue weighted by Gasteiger charge is 2.42. The number of hydrogen-bond acceptors (Lipinski definition) is 2. The first-order chi connectivity index (χ1) is 9.33. The number of rotatable bonds is 3. The SMILES string of the molecule is CC(C)(I)C(=O)OC1(c2cccc(F)c2)CC[NH2+]CC1. The van der Waals surface area contributed by atoms with Crippen molar-refractivity contribution >= 4 is 28.6 Å². The Labute approximate surface area is 132 Å². The van der Waals surface area contributed by atoms with Crippen molar-refractivity contribution in [2.24, 2.45) is 0 Å². The lowest BCUT2D eigenvalue weighted by Crippen LogP contribution is -2.87. The van der Waals surface area contributed by atoms with Gasteiger partial charge in [-0.3, -0.25) is 4.79 Å². The largest absolute Gasteiger partial charge is 0.453 e. The summed E-state index contributed by atoms with van der Waals surface area (Å²) in [7, 11) is 0. The molecule has 2 rings (SSSR count). The Bertz CT molecular complexity index is 493. The molecule has 3 nitrogen and oxygen atoms in total. The van der Waals surface area contributed by atoms with Crippen LogP contribution >= 0.6 is 22.6 Å². The molecule has 0 atom stereocenters. The molecule has 1 aliphatic heterocycles. The highest BCUT2D eigenvalue weighted by Crippen LogP contribution is 2.36. The van der Waals surface area contributed by atoms with Crippen LogP contribution in [0.5, 0.6) is 0 Å². The second-order valence-electron chi connectivity index (χ2n) is 5.73. The lowest BCUT2D eigenvalue weighted by atomic mass is 9.84. The molecule has 1 saturated heterocycles. The number of nitrogens with two attached hydrogens (primary N) is 1. The summed E-state index contributed by atoms with van der Waals surface area (Å²) in [6, 6.07) is 6.42. The monoisotopic (exact) mass is 392 g/mol. The van der Waals surface area contributed by atoms with Gasteiger partial charge in [-0.25, -0.2) is 4.39 Å². The van der Waals surface area contributed by atoms with Crippen molar-refractivity contribution in [1.29, 1.82) is 0 Å². The van der Waals surface area contributed by atoms with Crippen molar-refractivity contribution in [2.75, 3.05) is 13.1 Å². The van der Waals surface area contributed by atoms with Crippen LogP contribution in [0.3, 0.4) is 0 Å². The molecule has 5 heteroatoms. The van der Waals surface area contributed by atoms with Crippen LogP contribution in [-0.2, 0) is 15.1 Å². The number of quaternary nitrogens is 1. The second kappa shape index (κ2) is 5.97. The molecule has 20 heavy (non-hydrogen) atoms. The number of carbonyl (C=O) groups excluding carboxylic acids is 1. The van der Waals surface area contributed by atoms with E-state index in [1.54, 1.807) is 6.07 Å². The normalized spacial score (nSPS) is 18.6. The van der Waals surface area contributed by atoms with Gasteiger partial charge in [-0.05, 0) is 31.5 Å². The van der Waals surface area contributed by atoms with Crippen molar-refractivity contribution in [2.45, 2.75) is 35.7 Å². The van der Waals surface area contributed by atoms with Gasteiger partial charge in [-0.1, -0.05) is 34.7 Å². The number of carbonyl (C=O) groups is 1. The van der Waals surface area contributed by atoms with Gasteiger partial charge in [0.25, 0.3) is 0 Å². The third kappa shape index (κ3) is 3.49. The Hall–Kier alpha value is -0.690. The van der Waals surface area contributed by atoms with E-state index in [9.17, 15) is 9.18 Å². The highest BCUT2D eigenvalue weighted by atomic mass is 127. The zero-order chi connectivity index (χ0) is 14.8. The minimum atomic E-state index is -0.684. The zero-order valence-corrected chi connectivity index (χ0v) is 13.9. The number of esters is 1. The van der Waals surface area contributed by atoms with E-state index in [2.05, 4.69) is 27.9 Å². The Morgan fingerprint density at radius 1 is 1.40 bits per heavy atom. The van der Waals surface area contributed by atoms with Crippen LogP contribution in [0, 0.1) is 5.82 Å². The van der Waals surface area contributed by atoms with Gasteiger partial charge in [-0.2, -0.15) is 0 Å². The summed E-state index contributed by atoms with van der Waals surface area (Å²) in [5, 5.41) is 2.20. The Balaban J connectivity index is 2.33. The van der Waals surface area contributed by atoms with Gasteiger partial charge >= 0.3 is 5.97 Å². The van der Waals surface area contributed by atoms with Crippen molar-refractivity contribution in [3.8, 4) is 0 Å². The predicted molar refractivity (Wildman–Crippen MR) is 83.2 cm³/mol. The highest BCUT2D eigenvalue weighted by molar-refractivity contribution is 14.1. The number of ether oxygens (including phenoxy) is 1. The van der Waals surface area contributed by atoms with Crippen LogP contribution in [0.4, 0.5) is 4.39 Å². The number of halogens is 2. The van der Waals surface area contributed by atoms with Crippen LogP contribution in [0.15, 0.2) is 24.3 Å². The van der Waals surface area contributed by atoms with Gasteiger partial charge in [0, 0.05) is 12.8 Å². The first kappa shape index (κ1) is 15.7. The summed E-state index contributed by atoms with van der Waals surface area (Å²) >= 11 is 2.08. The fourth-order valence-electron chi connectivity index (χ4n) is 2.46. The fraction of sp³-hybridized carbons (Fsp3) is 0.533. The van der Waals surface area contributed by atoms with Crippen LogP contribution in [0.25, 0.3) is 0 Å². The second-order valence-corrected chi connectivity index (χ2v) is 8.43. The van der Waals surface area contributed by atoms with Gasteiger partial charge in [0.1, 0.15) is 14.8 Å². The molecule has 1 aromatic carbocycles. The lowest BCUT2D eigenvalue weighted by molar-refractivity contribution is -0.668. The van der Waals surface area contributed by atoms with Crippen molar-refractivity contribution in [3.63, 3.8) is 0 Å². The third-order valence-corrected chi connectivity index (χ3v) is 4.07. The first-order valence-corrected chi connectivity index (χ1v) is 7.91. The Kier molecular flexibility index (Phi) is 4.69. The number of benzene rings is 1. The molecule has 0 bridgehead atoms. The molecule has 1 fully saturated rings. The van der Waals surface area contributed by atoms with Crippen molar-refractivity contribution in [1.82, 2.24) is 0 Å². The van der Waals surface area contributed by atoms with E-state index < -0.39 is 9.02 Å². The van der Waals surface area contributed by atoms with Gasteiger partial charge < -0.3 is 10.1 Å². The van der Waals surface area contributed by atoms with E-state index in [-0.39, 0.29) is 11.8 Å². The van der Waals surface area contributed by atoms with Gasteiger partial charge in [-0.15, -0.1) is 0 Å². The molecule has 1 aliphatic rings. The average molecular weight is 392 g/mol. The zero-order valence-electron chi connectivity index (χ0n) is 11.8. The Morgan fingerprint density at radius 3 is 2.60 bits per heavy atom. The van der Waals surface area contributed by atoms with Gasteiger partial charge in [0.2, 0.25) is 0 Å². The molecule has 1 heterocycles. The fourth-order valence-corrected chi connectivity index (χ4v) is 2.57. The molecular weight excluding hydrogens is 372 g/mol. The maximum atomic E-state index is 13.5. The third-order valence-electron chi connectivity index (χ3n) is 3.63. The molecule has 0 radical (unpaired) electrons. The molecule has 0 spiro atoms. The minimum absolute atomic E-state index is 0.246. The van der Waals surface area contributed by atoms with Crippen molar-refractivity contribution < 1.29 is 19.2 Å². The molecular formula is C15H20FINO2+. The molecule has 0 aromatic heterocycles. The molecule has 0 amide bonds. The van der Waals surface area contributed by atoms with E-state index in [1.165, 1.54) is 12.1 Å². The molecule has 0 unspecified atom stereocenters. The number of hydrogen-bond donors (Lipinski definition) is 1. The summed E-state index contributed by atoms with van der Waals surface area (Å²) in [6.45, 7) is 5.41. The number of alkyl halides is 1. The standard InChI is InChI=1S/C15H19FINO2/c1-14(2,17)13(19)20-15(6-8-18-9-7-15)11-4-3-5-12(16)10-11/h3-5,10,18H,6-9H2,1-2H3/p+1. The van der Waals surface area contributed by atoms with Gasteiger partial charge in [0.05, 0.1) is 13.1 Å². The topological polar surface area (TPSA) is 42.9 Å². The van der Waals surface area contributed by atoms with E-state index >= 15 is 0 Å². The van der Waals surface area contributed by atoms with Crippen LogP contribution in [0.2, 0.25) is 0 Å². The predicted octanol–water partition coefficient (Wildman–Crippen LogP) is 2.13. The first-order valence-electron chi connectivity index (χ1n) is 6.84. The summed E-state index contributed by atoms with van der Waals surface area (Å²) in [6.07, 6.45) is 1.43. The molecule has 110 valence electrons. The van der Waals surface area contributed by atoms with Gasteiger partial charge in [0.15, 0.2) is 0 Å². The van der Waals surface area contributed by atoms with Crippen LogP contribution < -0.4 is 5.32 Å². The smallest absolute Gasteiger partial charge is 0.322 e. The van der Waals surface area contributed by atoms with E-state index in [1.807, 2.05) is 19.9 Å². The Morgan fingerprint density at radius 2 is 2.05 bits per heavy atom. The van der Waals surface area contributed by atoms with Crippen molar-refractivity contribution in [3.05, 3.63) is 35.6 Å².